The number of hydrogen-bond acceptors (Lipinski definition) is 3. The van der Waals surface area contributed by atoms with Gasteiger partial charge in [0, 0.05) is 31.4 Å². The lowest BCUT2D eigenvalue weighted by atomic mass is 10.2. The van der Waals surface area contributed by atoms with Crippen LogP contribution in [0.1, 0.15) is 25.7 Å². The molecule has 0 bridgehead atoms. The first-order valence-corrected chi connectivity index (χ1v) is 8.31. The monoisotopic (exact) mass is 345 g/mol. The molecule has 0 saturated carbocycles. The summed E-state index contributed by atoms with van der Waals surface area (Å²) in [4.78, 5) is 16.6. The summed E-state index contributed by atoms with van der Waals surface area (Å²) in [5.41, 5.74) is 0. The second kappa shape index (κ2) is 7.00. The number of carbonyl (C=O) groups is 1. The van der Waals surface area contributed by atoms with Gasteiger partial charge in [0.05, 0.1) is 0 Å². The molecule has 1 unspecified atom stereocenters. The molecule has 0 spiro atoms. The Morgan fingerprint density at radius 1 is 1.25 bits per heavy atom. The van der Waals surface area contributed by atoms with Crippen molar-refractivity contribution >= 4 is 11.8 Å². The zero-order chi connectivity index (χ0) is 17.2. The molecule has 24 heavy (non-hydrogen) atoms. The van der Waals surface area contributed by atoms with Gasteiger partial charge in [-0.3, -0.25) is 10.00 Å². The summed E-state index contributed by atoms with van der Waals surface area (Å²) in [6.07, 6.45) is 1.21. The van der Waals surface area contributed by atoms with E-state index in [-0.39, 0.29) is 17.9 Å². The lowest BCUT2D eigenvalue weighted by Crippen LogP contribution is -2.44. The molecule has 2 aliphatic heterocycles. The van der Waals surface area contributed by atoms with Gasteiger partial charge in [-0.15, -0.1) is 0 Å². The molecule has 1 aromatic rings. The minimum Gasteiger partial charge on any atom is -0.320 e. The largest absolute Gasteiger partial charge is 0.408 e. The minimum atomic E-state index is -4.33. The van der Waals surface area contributed by atoms with Gasteiger partial charge >= 0.3 is 12.2 Å². The number of nitrogens with zero attached hydrogens (tertiary/aromatic N) is 4. The lowest BCUT2D eigenvalue weighted by Gasteiger charge is -2.28. The van der Waals surface area contributed by atoms with E-state index in [1.54, 1.807) is 4.90 Å². The normalized spacial score (nSPS) is 22.3. The van der Waals surface area contributed by atoms with E-state index in [0.717, 1.165) is 37.2 Å². The van der Waals surface area contributed by atoms with E-state index < -0.39 is 12.7 Å². The molecule has 6 nitrogen and oxygen atoms in total. The Morgan fingerprint density at radius 2 is 2.00 bits per heavy atom. The molecule has 2 saturated heterocycles. The number of rotatable bonds is 4. The van der Waals surface area contributed by atoms with Crippen LogP contribution in [0.15, 0.2) is 12.3 Å². The highest BCUT2D eigenvalue weighted by Crippen LogP contribution is 2.22. The van der Waals surface area contributed by atoms with Gasteiger partial charge in [-0.25, -0.2) is 4.79 Å². The highest BCUT2D eigenvalue weighted by Gasteiger charge is 2.31. The molecule has 1 N–H and O–H groups in total. The van der Waals surface area contributed by atoms with Gasteiger partial charge in [0.25, 0.3) is 0 Å². The van der Waals surface area contributed by atoms with Gasteiger partial charge in [0.15, 0.2) is 5.82 Å². The van der Waals surface area contributed by atoms with Gasteiger partial charge < -0.3 is 9.80 Å². The smallest absolute Gasteiger partial charge is 0.320 e. The van der Waals surface area contributed by atoms with Crippen molar-refractivity contribution in [2.75, 3.05) is 31.5 Å². The van der Waals surface area contributed by atoms with Gasteiger partial charge in [0.2, 0.25) is 0 Å². The van der Waals surface area contributed by atoms with Crippen molar-refractivity contribution in [2.24, 2.45) is 0 Å². The fraction of sp³-hybridized carbons (Fsp3) is 0.733. The first-order chi connectivity index (χ1) is 11.4. The van der Waals surface area contributed by atoms with E-state index >= 15 is 0 Å². The highest BCUT2D eigenvalue weighted by molar-refractivity contribution is 5.88. The fourth-order valence-corrected chi connectivity index (χ4v) is 3.44. The molecular weight excluding hydrogens is 323 g/mol. The Labute approximate surface area is 138 Å². The molecule has 2 fully saturated rings. The maximum Gasteiger partial charge on any atom is 0.408 e. The van der Waals surface area contributed by atoms with Gasteiger partial charge in [-0.2, -0.15) is 18.3 Å². The molecule has 1 atom stereocenters. The fourth-order valence-electron chi connectivity index (χ4n) is 3.44. The number of hydrogen-bond donors (Lipinski definition) is 1. The third kappa shape index (κ3) is 4.40. The van der Waals surface area contributed by atoms with Crippen molar-refractivity contribution in [1.29, 1.82) is 0 Å². The molecule has 0 aliphatic carbocycles. The SMILES string of the molecule is O=C(Nc1ccn(CC(F)(F)F)n1)N1CCCC1CN1CCCC1. The topological polar surface area (TPSA) is 53.4 Å². The second-order valence-corrected chi connectivity index (χ2v) is 6.44. The summed E-state index contributed by atoms with van der Waals surface area (Å²) in [6.45, 7) is 2.54. The van der Waals surface area contributed by atoms with Crippen LogP contribution < -0.4 is 5.32 Å². The van der Waals surface area contributed by atoms with Crippen LogP contribution >= 0.6 is 0 Å². The summed E-state index contributed by atoms with van der Waals surface area (Å²) in [5, 5.41) is 6.38. The van der Waals surface area contributed by atoms with E-state index in [4.69, 9.17) is 0 Å². The van der Waals surface area contributed by atoms with Crippen LogP contribution in [0.4, 0.5) is 23.8 Å². The van der Waals surface area contributed by atoms with Crippen molar-refractivity contribution in [3.63, 3.8) is 0 Å². The van der Waals surface area contributed by atoms with Crippen LogP contribution in [0.25, 0.3) is 0 Å². The third-order valence-electron chi connectivity index (χ3n) is 4.52. The molecule has 0 radical (unpaired) electrons. The molecule has 0 aromatic carbocycles. The van der Waals surface area contributed by atoms with E-state index in [0.29, 0.717) is 6.54 Å². The number of carbonyl (C=O) groups excluding carboxylic acids is 1. The lowest BCUT2D eigenvalue weighted by molar-refractivity contribution is -0.142. The summed E-state index contributed by atoms with van der Waals surface area (Å²) in [7, 11) is 0. The molecule has 2 amide bonds. The number of urea groups is 1. The van der Waals surface area contributed by atoms with Crippen LogP contribution in [-0.2, 0) is 6.54 Å². The van der Waals surface area contributed by atoms with E-state index in [1.807, 2.05) is 0 Å². The van der Waals surface area contributed by atoms with Crippen molar-refractivity contribution in [3.05, 3.63) is 12.3 Å². The molecular formula is C15H22F3N5O. The Balaban J connectivity index is 1.55. The summed E-state index contributed by atoms with van der Waals surface area (Å²) >= 11 is 0. The number of halogens is 3. The second-order valence-electron chi connectivity index (χ2n) is 6.44. The number of anilines is 1. The predicted molar refractivity (Wildman–Crippen MR) is 82.7 cm³/mol. The summed E-state index contributed by atoms with van der Waals surface area (Å²) in [5.74, 6) is 0.149. The Hall–Kier alpha value is -1.77. The van der Waals surface area contributed by atoms with E-state index in [1.165, 1.54) is 25.1 Å². The highest BCUT2D eigenvalue weighted by atomic mass is 19.4. The first-order valence-electron chi connectivity index (χ1n) is 8.31. The van der Waals surface area contributed by atoms with Gasteiger partial charge in [-0.05, 0) is 38.8 Å². The Kier molecular flexibility index (Phi) is 4.98. The molecule has 3 heterocycles. The zero-order valence-electron chi connectivity index (χ0n) is 13.4. The Bertz CT molecular complexity index is 568. The number of likely N-dealkylation sites (tertiary alicyclic amines) is 2. The molecule has 1 aromatic heterocycles. The quantitative estimate of drug-likeness (QED) is 0.912. The first kappa shape index (κ1) is 17.1. The molecule has 134 valence electrons. The van der Waals surface area contributed by atoms with E-state index in [2.05, 4.69) is 15.3 Å². The standard InChI is InChI=1S/C15H22F3N5O/c16-15(17,18)11-22-9-5-13(20-22)19-14(24)23-8-3-4-12(23)10-21-6-1-2-7-21/h5,9,12H,1-4,6-8,10-11H2,(H,19,20,24). The third-order valence-corrected chi connectivity index (χ3v) is 4.52. The van der Waals surface area contributed by atoms with E-state index in [9.17, 15) is 18.0 Å². The Morgan fingerprint density at radius 3 is 2.71 bits per heavy atom. The van der Waals surface area contributed by atoms with Crippen molar-refractivity contribution in [3.8, 4) is 0 Å². The average molecular weight is 345 g/mol. The zero-order valence-corrected chi connectivity index (χ0v) is 13.4. The van der Waals surface area contributed by atoms with Crippen molar-refractivity contribution < 1.29 is 18.0 Å². The maximum atomic E-state index is 12.4. The number of amides is 2. The molecule has 3 rings (SSSR count). The van der Waals surface area contributed by atoms with Crippen LogP contribution in [0.3, 0.4) is 0 Å². The van der Waals surface area contributed by atoms with Gasteiger partial charge in [0.1, 0.15) is 6.54 Å². The van der Waals surface area contributed by atoms with Crippen LogP contribution in [-0.4, -0.2) is 64.0 Å². The molecule has 9 heteroatoms. The number of alkyl halides is 3. The van der Waals surface area contributed by atoms with Gasteiger partial charge in [-0.1, -0.05) is 0 Å². The predicted octanol–water partition coefficient (Wildman–Crippen LogP) is 2.54. The summed E-state index contributed by atoms with van der Waals surface area (Å²) in [6, 6.07) is 1.27. The maximum absolute atomic E-state index is 12.4. The number of aromatic nitrogens is 2. The molecule has 2 aliphatic rings. The van der Waals surface area contributed by atoms with Crippen molar-refractivity contribution in [2.45, 2.75) is 44.4 Å². The van der Waals surface area contributed by atoms with Crippen LogP contribution in [0.2, 0.25) is 0 Å². The average Bonchev–Trinajstić information content (AvgIpc) is 3.20. The van der Waals surface area contributed by atoms with Crippen molar-refractivity contribution in [1.82, 2.24) is 19.6 Å². The minimum absolute atomic E-state index is 0.149. The van der Waals surface area contributed by atoms with Crippen LogP contribution in [0, 0.1) is 0 Å². The number of nitrogens with one attached hydrogen (secondary N) is 1. The van der Waals surface area contributed by atoms with Crippen LogP contribution in [0.5, 0.6) is 0 Å². The summed E-state index contributed by atoms with van der Waals surface area (Å²) < 4.78 is 37.8.